The van der Waals surface area contributed by atoms with Gasteiger partial charge in [-0.2, -0.15) is 5.10 Å². The quantitative estimate of drug-likeness (QED) is 0.278. The minimum absolute atomic E-state index is 0.0776. The summed E-state index contributed by atoms with van der Waals surface area (Å²) in [5.41, 5.74) is 5.43. The Kier molecular flexibility index (Phi) is 7.32. The van der Waals surface area contributed by atoms with E-state index in [0.717, 1.165) is 48.6 Å². The SMILES string of the molecule is CCOc1ccc(C=NNC(=O)c2cccc([N+](=O)[O-])c2)cc1CN1CC2CC(C1)c1cccc(=O)n1C2. The van der Waals surface area contributed by atoms with Crippen molar-refractivity contribution in [2.45, 2.75) is 32.4 Å². The van der Waals surface area contributed by atoms with Crippen molar-refractivity contribution in [3.8, 4) is 5.75 Å². The van der Waals surface area contributed by atoms with E-state index in [1.807, 2.05) is 35.8 Å². The number of hydrogen-bond acceptors (Lipinski definition) is 7. The highest BCUT2D eigenvalue weighted by Crippen LogP contribution is 2.36. The molecule has 1 saturated heterocycles. The Bertz CT molecular complexity index is 1450. The molecular formula is C28H29N5O5. The number of amides is 1. The monoisotopic (exact) mass is 515 g/mol. The fourth-order valence-electron chi connectivity index (χ4n) is 5.46. The van der Waals surface area contributed by atoms with Crippen LogP contribution in [0.3, 0.4) is 0 Å². The smallest absolute Gasteiger partial charge is 0.271 e. The predicted molar refractivity (Wildman–Crippen MR) is 143 cm³/mol. The minimum atomic E-state index is -0.546. The highest BCUT2D eigenvalue weighted by atomic mass is 16.6. The minimum Gasteiger partial charge on any atom is -0.494 e. The largest absolute Gasteiger partial charge is 0.494 e. The normalized spacial score (nSPS) is 18.7. The summed E-state index contributed by atoms with van der Waals surface area (Å²) in [5, 5.41) is 15.0. The second kappa shape index (κ2) is 11.0. The van der Waals surface area contributed by atoms with E-state index >= 15 is 0 Å². The Labute approximate surface area is 219 Å². The average Bonchev–Trinajstić information content (AvgIpc) is 2.91. The number of fused-ring (bicyclic) bond motifs is 4. The van der Waals surface area contributed by atoms with Gasteiger partial charge in [-0.3, -0.25) is 24.6 Å². The van der Waals surface area contributed by atoms with E-state index in [4.69, 9.17) is 4.74 Å². The molecule has 0 spiro atoms. The van der Waals surface area contributed by atoms with Crippen LogP contribution in [0.2, 0.25) is 0 Å². The van der Waals surface area contributed by atoms with Gasteiger partial charge in [0.15, 0.2) is 0 Å². The van der Waals surface area contributed by atoms with Crippen molar-refractivity contribution >= 4 is 17.8 Å². The molecule has 0 saturated carbocycles. The maximum Gasteiger partial charge on any atom is 0.271 e. The number of hydrogen-bond donors (Lipinski definition) is 1. The van der Waals surface area contributed by atoms with E-state index in [2.05, 4.69) is 21.5 Å². The molecule has 2 aliphatic rings. The highest BCUT2D eigenvalue weighted by Gasteiger charge is 2.34. The van der Waals surface area contributed by atoms with Crippen molar-refractivity contribution in [1.82, 2.24) is 14.9 Å². The third kappa shape index (κ3) is 5.50. The van der Waals surface area contributed by atoms with Gasteiger partial charge in [0.2, 0.25) is 0 Å². The number of benzene rings is 2. The van der Waals surface area contributed by atoms with Crippen molar-refractivity contribution in [2.24, 2.45) is 11.0 Å². The Morgan fingerprint density at radius 1 is 1.16 bits per heavy atom. The summed E-state index contributed by atoms with van der Waals surface area (Å²) in [7, 11) is 0. The summed E-state index contributed by atoms with van der Waals surface area (Å²) < 4.78 is 7.82. The third-order valence-electron chi connectivity index (χ3n) is 7.03. The number of piperidine rings is 1. The summed E-state index contributed by atoms with van der Waals surface area (Å²) in [6, 6.07) is 16.8. The molecule has 2 bridgehead atoms. The zero-order valence-corrected chi connectivity index (χ0v) is 21.1. The number of carbonyl (C=O) groups is 1. The molecule has 196 valence electrons. The Balaban J connectivity index is 1.29. The Hall–Kier alpha value is -4.31. The van der Waals surface area contributed by atoms with Crippen LogP contribution >= 0.6 is 0 Å². The number of carbonyl (C=O) groups excluding carboxylic acids is 1. The zero-order valence-electron chi connectivity index (χ0n) is 21.1. The number of nitrogens with zero attached hydrogens (tertiary/aromatic N) is 4. The molecule has 1 fully saturated rings. The number of likely N-dealkylation sites (tertiary alicyclic amines) is 1. The van der Waals surface area contributed by atoms with Crippen LogP contribution in [0.4, 0.5) is 5.69 Å². The average molecular weight is 516 g/mol. The lowest BCUT2D eigenvalue weighted by molar-refractivity contribution is -0.384. The summed E-state index contributed by atoms with van der Waals surface area (Å²) in [6.45, 7) is 5.70. The first-order valence-electron chi connectivity index (χ1n) is 12.7. The molecule has 2 unspecified atom stereocenters. The molecule has 1 aromatic heterocycles. The summed E-state index contributed by atoms with van der Waals surface area (Å²) in [6.07, 6.45) is 2.64. The van der Waals surface area contributed by atoms with Crippen LogP contribution in [0.1, 0.15) is 46.4 Å². The van der Waals surface area contributed by atoms with E-state index in [9.17, 15) is 19.7 Å². The number of rotatable bonds is 8. The molecule has 2 aromatic carbocycles. The van der Waals surface area contributed by atoms with E-state index < -0.39 is 10.8 Å². The fraction of sp³-hybridized carbons (Fsp3) is 0.321. The van der Waals surface area contributed by atoms with E-state index in [-0.39, 0.29) is 16.8 Å². The first-order valence-corrected chi connectivity index (χ1v) is 12.7. The molecule has 5 rings (SSSR count). The van der Waals surface area contributed by atoms with Gasteiger partial charge in [0.1, 0.15) is 5.75 Å². The van der Waals surface area contributed by atoms with Crippen molar-refractivity contribution < 1.29 is 14.5 Å². The summed E-state index contributed by atoms with van der Waals surface area (Å²) in [5.74, 6) is 1.01. The third-order valence-corrected chi connectivity index (χ3v) is 7.03. The van der Waals surface area contributed by atoms with Gasteiger partial charge in [0, 0.05) is 67.1 Å². The van der Waals surface area contributed by atoms with E-state index in [1.54, 1.807) is 12.3 Å². The van der Waals surface area contributed by atoms with Gasteiger partial charge in [-0.15, -0.1) is 0 Å². The predicted octanol–water partition coefficient (Wildman–Crippen LogP) is 3.54. The van der Waals surface area contributed by atoms with Gasteiger partial charge < -0.3 is 9.30 Å². The van der Waals surface area contributed by atoms with Crippen LogP contribution in [0, 0.1) is 16.0 Å². The van der Waals surface area contributed by atoms with E-state index in [1.165, 1.54) is 24.3 Å². The Morgan fingerprint density at radius 3 is 2.82 bits per heavy atom. The summed E-state index contributed by atoms with van der Waals surface area (Å²) in [4.78, 5) is 37.6. The summed E-state index contributed by atoms with van der Waals surface area (Å²) >= 11 is 0. The second-order valence-electron chi connectivity index (χ2n) is 9.70. The number of aromatic nitrogens is 1. The topological polar surface area (TPSA) is 119 Å². The van der Waals surface area contributed by atoms with Gasteiger partial charge in [0.05, 0.1) is 17.7 Å². The molecular weight excluding hydrogens is 486 g/mol. The van der Waals surface area contributed by atoms with Crippen LogP contribution in [0.5, 0.6) is 5.75 Å². The van der Waals surface area contributed by atoms with Crippen LogP contribution in [-0.2, 0) is 13.1 Å². The highest BCUT2D eigenvalue weighted by molar-refractivity contribution is 5.95. The number of nitro groups is 1. The standard InChI is InChI=1S/C28H29N5O5/c1-2-38-26-10-9-19(14-29-30-28(35)21-5-3-6-24(13-21)33(36)37)11-23(26)18-31-15-20-12-22(17-31)25-7-4-8-27(34)32(25)16-20/h3-11,13-14,20,22H,2,12,15-18H2,1H3,(H,30,35). The van der Waals surface area contributed by atoms with Gasteiger partial charge in [0.25, 0.3) is 17.2 Å². The molecule has 1 N–H and O–H groups in total. The van der Waals surface area contributed by atoms with Gasteiger partial charge >= 0.3 is 0 Å². The molecule has 10 heteroatoms. The molecule has 3 heterocycles. The molecule has 38 heavy (non-hydrogen) atoms. The lowest BCUT2D eigenvalue weighted by Gasteiger charge is -2.43. The number of nitrogens with one attached hydrogen (secondary N) is 1. The zero-order chi connectivity index (χ0) is 26.6. The first-order chi connectivity index (χ1) is 18.4. The van der Waals surface area contributed by atoms with Gasteiger partial charge in [-0.1, -0.05) is 12.1 Å². The van der Waals surface area contributed by atoms with Crippen LogP contribution in [-0.4, -0.2) is 46.2 Å². The maximum atomic E-state index is 12.4. The molecule has 3 aromatic rings. The van der Waals surface area contributed by atoms with Crippen LogP contribution in [0.15, 0.2) is 70.6 Å². The molecule has 0 radical (unpaired) electrons. The second-order valence-corrected chi connectivity index (χ2v) is 9.70. The van der Waals surface area contributed by atoms with E-state index in [0.29, 0.717) is 25.0 Å². The molecule has 0 aliphatic carbocycles. The van der Waals surface area contributed by atoms with Crippen molar-refractivity contribution in [1.29, 1.82) is 0 Å². The number of non-ortho nitro benzene ring substituents is 1. The van der Waals surface area contributed by atoms with Gasteiger partial charge in [-0.25, -0.2) is 5.43 Å². The number of pyridine rings is 1. The maximum absolute atomic E-state index is 12.4. The van der Waals surface area contributed by atoms with Crippen molar-refractivity contribution in [3.05, 3.63) is 104 Å². The lowest BCUT2D eigenvalue weighted by Crippen LogP contribution is -2.46. The molecule has 10 nitrogen and oxygen atoms in total. The fourth-order valence-corrected chi connectivity index (χ4v) is 5.46. The molecule has 2 atom stereocenters. The molecule has 1 amide bonds. The number of hydrazone groups is 1. The van der Waals surface area contributed by atoms with Gasteiger partial charge in [-0.05, 0) is 55.2 Å². The Morgan fingerprint density at radius 2 is 2.00 bits per heavy atom. The first kappa shape index (κ1) is 25.3. The van der Waals surface area contributed by atoms with Crippen molar-refractivity contribution in [3.63, 3.8) is 0 Å². The number of nitro benzene ring substituents is 1. The van der Waals surface area contributed by atoms with Crippen LogP contribution < -0.4 is 15.7 Å². The lowest BCUT2D eigenvalue weighted by atomic mass is 9.83. The number of ether oxygens (including phenoxy) is 1. The molecule has 2 aliphatic heterocycles. The van der Waals surface area contributed by atoms with Crippen LogP contribution in [0.25, 0.3) is 0 Å². The van der Waals surface area contributed by atoms with Crippen molar-refractivity contribution in [2.75, 3.05) is 19.7 Å².